The van der Waals surface area contributed by atoms with Crippen molar-refractivity contribution < 1.29 is 5.11 Å². The van der Waals surface area contributed by atoms with E-state index in [4.69, 9.17) is 0 Å². The number of aromatic nitrogens is 1. The highest BCUT2D eigenvalue weighted by atomic mass is 32.1. The topological polar surface area (TPSA) is 33.1 Å². The van der Waals surface area contributed by atoms with Crippen molar-refractivity contribution in [3.8, 4) is 0 Å². The molecule has 1 aromatic heterocycles. The summed E-state index contributed by atoms with van der Waals surface area (Å²) in [5.41, 5.74) is 3.35. The lowest BCUT2D eigenvalue weighted by Gasteiger charge is -2.18. The van der Waals surface area contributed by atoms with Gasteiger partial charge in [0, 0.05) is 16.2 Å². The Morgan fingerprint density at radius 1 is 1.57 bits per heavy atom. The Labute approximate surface area is 88.0 Å². The Balaban J connectivity index is 1.99. The summed E-state index contributed by atoms with van der Waals surface area (Å²) in [7, 11) is 0. The molecule has 14 heavy (non-hydrogen) atoms. The lowest BCUT2D eigenvalue weighted by molar-refractivity contribution is 0.152. The highest BCUT2D eigenvalue weighted by Crippen LogP contribution is 2.56. The SMILES string of the molecule is CC(O)C1(c2scnc2C2CC2)CC1. The molecule has 0 spiro atoms. The number of aliphatic hydroxyl groups excluding tert-OH is 1. The summed E-state index contributed by atoms with van der Waals surface area (Å²) < 4.78 is 0. The number of nitrogens with zero attached hydrogens (tertiary/aromatic N) is 1. The Bertz CT molecular complexity index is 350. The normalized spacial score (nSPS) is 26.1. The minimum absolute atomic E-state index is 0.0963. The molecule has 1 aromatic rings. The summed E-state index contributed by atoms with van der Waals surface area (Å²) in [6, 6.07) is 0. The van der Waals surface area contributed by atoms with Crippen LogP contribution in [0.25, 0.3) is 0 Å². The molecular formula is C11H15NOS. The highest BCUT2D eigenvalue weighted by Gasteiger charge is 2.52. The van der Waals surface area contributed by atoms with E-state index in [9.17, 15) is 5.11 Å². The number of thiazole rings is 1. The van der Waals surface area contributed by atoms with E-state index in [-0.39, 0.29) is 11.5 Å². The van der Waals surface area contributed by atoms with Crippen LogP contribution in [0, 0.1) is 0 Å². The van der Waals surface area contributed by atoms with Crippen LogP contribution in [0.5, 0.6) is 0 Å². The van der Waals surface area contributed by atoms with Crippen LogP contribution in [0.15, 0.2) is 5.51 Å². The van der Waals surface area contributed by atoms with Crippen LogP contribution in [0.3, 0.4) is 0 Å². The third kappa shape index (κ3) is 1.15. The first-order valence-corrected chi connectivity index (χ1v) is 6.24. The number of rotatable bonds is 3. The zero-order valence-electron chi connectivity index (χ0n) is 8.36. The van der Waals surface area contributed by atoms with Crippen LogP contribution in [-0.4, -0.2) is 16.2 Å². The van der Waals surface area contributed by atoms with E-state index in [0.29, 0.717) is 5.92 Å². The Morgan fingerprint density at radius 2 is 2.29 bits per heavy atom. The van der Waals surface area contributed by atoms with Crippen LogP contribution in [0.1, 0.15) is 49.1 Å². The molecule has 0 saturated heterocycles. The van der Waals surface area contributed by atoms with Gasteiger partial charge < -0.3 is 5.11 Å². The van der Waals surface area contributed by atoms with Gasteiger partial charge in [0.2, 0.25) is 0 Å². The number of aliphatic hydroxyl groups is 1. The third-order valence-electron chi connectivity index (χ3n) is 3.60. The van der Waals surface area contributed by atoms with E-state index >= 15 is 0 Å². The van der Waals surface area contributed by atoms with Crippen molar-refractivity contribution in [2.75, 3.05) is 0 Å². The summed E-state index contributed by atoms with van der Waals surface area (Å²) in [6.45, 7) is 1.92. The lowest BCUT2D eigenvalue weighted by atomic mass is 9.96. The summed E-state index contributed by atoms with van der Waals surface area (Å²) in [5.74, 6) is 0.715. The van der Waals surface area contributed by atoms with E-state index < -0.39 is 0 Å². The molecular weight excluding hydrogens is 194 g/mol. The predicted octanol–water partition coefficient (Wildman–Crippen LogP) is 2.43. The molecule has 0 bridgehead atoms. The van der Waals surface area contributed by atoms with Crippen molar-refractivity contribution in [2.24, 2.45) is 0 Å². The Kier molecular flexibility index (Phi) is 1.77. The molecule has 3 rings (SSSR count). The fourth-order valence-corrected chi connectivity index (χ4v) is 3.47. The van der Waals surface area contributed by atoms with Gasteiger partial charge >= 0.3 is 0 Å². The number of hydrogen-bond donors (Lipinski definition) is 1. The largest absolute Gasteiger partial charge is 0.392 e. The van der Waals surface area contributed by atoms with Crippen LogP contribution >= 0.6 is 11.3 Å². The second-order valence-corrected chi connectivity index (χ2v) is 5.53. The smallest absolute Gasteiger partial charge is 0.0798 e. The fraction of sp³-hybridized carbons (Fsp3) is 0.727. The summed E-state index contributed by atoms with van der Waals surface area (Å²) in [4.78, 5) is 5.86. The Morgan fingerprint density at radius 3 is 2.79 bits per heavy atom. The maximum Gasteiger partial charge on any atom is 0.0798 e. The van der Waals surface area contributed by atoms with E-state index in [1.165, 1.54) is 23.4 Å². The van der Waals surface area contributed by atoms with Gasteiger partial charge in [-0.05, 0) is 32.6 Å². The van der Waals surface area contributed by atoms with Gasteiger partial charge in [-0.15, -0.1) is 11.3 Å². The van der Waals surface area contributed by atoms with Crippen LogP contribution < -0.4 is 0 Å². The highest BCUT2D eigenvalue weighted by molar-refractivity contribution is 7.10. The van der Waals surface area contributed by atoms with E-state index in [2.05, 4.69) is 4.98 Å². The molecule has 2 saturated carbocycles. The average Bonchev–Trinajstić information content (AvgIpc) is 3.06. The van der Waals surface area contributed by atoms with Gasteiger partial charge in [0.1, 0.15) is 0 Å². The van der Waals surface area contributed by atoms with Gasteiger partial charge in [-0.2, -0.15) is 0 Å². The molecule has 1 heterocycles. The summed E-state index contributed by atoms with van der Waals surface area (Å²) in [6.07, 6.45) is 4.68. The number of hydrogen-bond acceptors (Lipinski definition) is 3. The summed E-state index contributed by atoms with van der Waals surface area (Å²) >= 11 is 1.74. The zero-order chi connectivity index (χ0) is 9.76. The first-order chi connectivity index (χ1) is 6.74. The molecule has 2 fully saturated rings. The monoisotopic (exact) mass is 209 g/mol. The molecule has 0 aliphatic heterocycles. The fourth-order valence-electron chi connectivity index (χ4n) is 2.24. The standard InChI is InChI=1S/C11H15NOS/c1-7(13)11(4-5-11)10-9(8-2-3-8)12-6-14-10/h6-8,13H,2-5H2,1H3. The molecule has 1 N–H and O–H groups in total. The molecule has 0 amide bonds. The minimum atomic E-state index is -0.208. The summed E-state index contributed by atoms with van der Waals surface area (Å²) in [5, 5.41) is 9.82. The maximum atomic E-state index is 9.82. The van der Waals surface area contributed by atoms with Gasteiger partial charge in [-0.1, -0.05) is 0 Å². The average molecular weight is 209 g/mol. The first kappa shape index (κ1) is 8.86. The molecule has 1 atom stereocenters. The van der Waals surface area contributed by atoms with Gasteiger partial charge in [0.05, 0.1) is 17.3 Å². The van der Waals surface area contributed by atoms with E-state index in [1.807, 2.05) is 12.4 Å². The van der Waals surface area contributed by atoms with Gasteiger partial charge in [-0.25, -0.2) is 4.98 Å². The van der Waals surface area contributed by atoms with Crippen molar-refractivity contribution in [3.63, 3.8) is 0 Å². The minimum Gasteiger partial charge on any atom is -0.392 e. The van der Waals surface area contributed by atoms with Crippen molar-refractivity contribution in [3.05, 3.63) is 16.1 Å². The zero-order valence-corrected chi connectivity index (χ0v) is 9.18. The quantitative estimate of drug-likeness (QED) is 0.829. The second kappa shape index (κ2) is 2.80. The molecule has 2 nitrogen and oxygen atoms in total. The van der Waals surface area contributed by atoms with Crippen LogP contribution in [0.4, 0.5) is 0 Å². The van der Waals surface area contributed by atoms with Crippen molar-refractivity contribution in [1.29, 1.82) is 0 Å². The molecule has 2 aliphatic carbocycles. The molecule has 2 aliphatic rings. The first-order valence-electron chi connectivity index (χ1n) is 5.36. The third-order valence-corrected chi connectivity index (χ3v) is 4.66. The van der Waals surface area contributed by atoms with Crippen molar-refractivity contribution >= 4 is 11.3 Å². The lowest BCUT2D eigenvalue weighted by Crippen LogP contribution is -2.22. The van der Waals surface area contributed by atoms with Crippen LogP contribution in [0.2, 0.25) is 0 Å². The molecule has 76 valence electrons. The van der Waals surface area contributed by atoms with Gasteiger partial charge in [0.25, 0.3) is 0 Å². The van der Waals surface area contributed by atoms with Gasteiger partial charge in [0.15, 0.2) is 0 Å². The second-order valence-electron chi connectivity index (χ2n) is 4.67. The Hall–Kier alpha value is -0.410. The predicted molar refractivity (Wildman–Crippen MR) is 56.7 cm³/mol. The van der Waals surface area contributed by atoms with Crippen molar-refractivity contribution in [1.82, 2.24) is 4.98 Å². The molecule has 0 radical (unpaired) electrons. The molecule has 1 unspecified atom stereocenters. The van der Waals surface area contributed by atoms with E-state index in [1.54, 1.807) is 11.3 Å². The van der Waals surface area contributed by atoms with E-state index in [0.717, 1.165) is 12.8 Å². The van der Waals surface area contributed by atoms with Crippen LogP contribution in [-0.2, 0) is 5.41 Å². The maximum absolute atomic E-state index is 9.82. The van der Waals surface area contributed by atoms with Crippen molar-refractivity contribution in [2.45, 2.75) is 50.0 Å². The molecule has 0 aromatic carbocycles. The van der Waals surface area contributed by atoms with Gasteiger partial charge in [-0.3, -0.25) is 0 Å². The molecule has 3 heteroatoms.